The maximum atomic E-state index is 13.2. The van der Waals surface area contributed by atoms with Crippen molar-refractivity contribution in [3.63, 3.8) is 0 Å². The van der Waals surface area contributed by atoms with E-state index in [1.54, 1.807) is 7.11 Å². The van der Waals surface area contributed by atoms with E-state index in [2.05, 4.69) is 36.4 Å². The number of amides is 2. The molecule has 3 heterocycles. The molecule has 3 aromatic rings. The van der Waals surface area contributed by atoms with Gasteiger partial charge < -0.3 is 19.4 Å². The monoisotopic (exact) mass is 503 g/mol. The van der Waals surface area contributed by atoms with Gasteiger partial charge in [0.1, 0.15) is 17.1 Å². The number of aromatic nitrogens is 3. The molecule has 0 fully saturated rings. The number of hydrogen-bond acceptors (Lipinski definition) is 4. The summed E-state index contributed by atoms with van der Waals surface area (Å²) < 4.78 is 7.74. The second-order valence-electron chi connectivity index (χ2n) is 9.30. The lowest BCUT2D eigenvalue weighted by molar-refractivity contribution is 0.177. The average molecular weight is 504 g/mol. The molecule has 0 aliphatic carbocycles. The van der Waals surface area contributed by atoms with Crippen LogP contribution >= 0.6 is 0 Å². The summed E-state index contributed by atoms with van der Waals surface area (Å²) in [7, 11) is 1.66. The van der Waals surface area contributed by atoms with Gasteiger partial charge in [-0.1, -0.05) is 25.5 Å². The Morgan fingerprint density at radius 3 is 2.76 bits per heavy atom. The predicted molar refractivity (Wildman–Crippen MR) is 151 cm³/mol. The van der Waals surface area contributed by atoms with Crippen LogP contribution in [0.15, 0.2) is 62.1 Å². The number of carbonyl (C=O) groups excluding carboxylic acids is 1. The maximum Gasteiger partial charge on any atom is 0.318 e. The molecule has 0 bridgehead atoms. The van der Waals surface area contributed by atoms with Crippen molar-refractivity contribution in [2.24, 2.45) is 0 Å². The molecule has 7 nitrogen and oxygen atoms in total. The standard InChI is InChI=1S/C30H41N5O2/c1-7-11-12-15-23-20-24(21-34-19-18-31-29(23)34)28-27(37-6)17-16-26(33-28)22(5)35(10-4)30(36)32-25(13-8-2)14-9-3/h7-8,16-22,25H,1-2,9-15H2,3-6H3,(H,32,36). The summed E-state index contributed by atoms with van der Waals surface area (Å²) in [4.78, 5) is 24.6. The van der Waals surface area contributed by atoms with Crippen molar-refractivity contribution in [2.75, 3.05) is 13.7 Å². The minimum absolute atomic E-state index is 0.0806. The molecule has 7 heteroatoms. The third-order valence-corrected chi connectivity index (χ3v) is 6.70. The van der Waals surface area contributed by atoms with Crippen molar-refractivity contribution in [1.82, 2.24) is 24.6 Å². The van der Waals surface area contributed by atoms with E-state index < -0.39 is 0 Å². The number of rotatable bonds is 14. The van der Waals surface area contributed by atoms with Gasteiger partial charge in [-0.25, -0.2) is 14.8 Å². The zero-order valence-electron chi connectivity index (χ0n) is 22.7. The van der Waals surface area contributed by atoms with Crippen LogP contribution in [-0.4, -0.2) is 45.0 Å². The third-order valence-electron chi connectivity index (χ3n) is 6.70. The van der Waals surface area contributed by atoms with Crippen LogP contribution in [-0.2, 0) is 6.42 Å². The molecule has 2 amide bonds. The number of imidazole rings is 1. The van der Waals surface area contributed by atoms with Gasteiger partial charge in [0.2, 0.25) is 0 Å². The third kappa shape index (κ3) is 6.79. The molecule has 2 atom stereocenters. The highest BCUT2D eigenvalue weighted by atomic mass is 16.5. The zero-order chi connectivity index (χ0) is 26.8. The Morgan fingerprint density at radius 1 is 1.27 bits per heavy atom. The maximum absolute atomic E-state index is 13.2. The molecule has 0 aliphatic heterocycles. The Kier molecular flexibility index (Phi) is 10.3. The van der Waals surface area contributed by atoms with Crippen LogP contribution in [0.2, 0.25) is 0 Å². The van der Waals surface area contributed by atoms with Crippen LogP contribution in [0.5, 0.6) is 5.75 Å². The number of urea groups is 1. The van der Waals surface area contributed by atoms with Gasteiger partial charge in [-0.15, -0.1) is 13.2 Å². The fourth-order valence-electron chi connectivity index (χ4n) is 4.73. The normalized spacial score (nSPS) is 12.6. The molecule has 3 rings (SSSR count). The second kappa shape index (κ2) is 13.6. The number of unbranched alkanes of at least 4 members (excludes halogenated alkanes) is 1. The van der Waals surface area contributed by atoms with Crippen molar-refractivity contribution in [3.8, 4) is 17.0 Å². The number of nitrogens with zero attached hydrogens (tertiary/aromatic N) is 4. The Labute approximate surface area is 221 Å². The topological polar surface area (TPSA) is 71.8 Å². The van der Waals surface area contributed by atoms with E-state index in [1.165, 1.54) is 0 Å². The summed E-state index contributed by atoms with van der Waals surface area (Å²) in [6.45, 7) is 14.4. The first kappa shape index (κ1) is 28.0. The fourth-order valence-corrected chi connectivity index (χ4v) is 4.73. The van der Waals surface area contributed by atoms with E-state index in [0.717, 1.165) is 66.7 Å². The van der Waals surface area contributed by atoms with Crippen molar-refractivity contribution >= 4 is 11.7 Å². The molecule has 198 valence electrons. The van der Waals surface area contributed by atoms with E-state index in [-0.39, 0.29) is 18.1 Å². The number of allylic oxidation sites excluding steroid dienone is 1. The van der Waals surface area contributed by atoms with Gasteiger partial charge in [-0.3, -0.25) is 0 Å². The lowest BCUT2D eigenvalue weighted by Gasteiger charge is -2.30. The number of carbonyl (C=O) groups is 1. The molecule has 2 unspecified atom stereocenters. The van der Waals surface area contributed by atoms with E-state index in [0.29, 0.717) is 12.3 Å². The largest absolute Gasteiger partial charge is 0.494 e. The molecule has 1 N–H and O–H groups in total. The SMILES string of the molecule is C=CCCCc1cc(-c2nc(C(C)N(CC)C(=O)NC(CC=C)CCC)ccc2OC)cn2ccnc12. The first-order chi connectivity index (χ1) is 18.0. The number of methoxy groups -OCH3 is 1. The molecular weight excluding hydrogens is 462 g/mol. The van der Waals surface area contributed by atoms with Gasteiger partial charge in [0, 0.05) is 36.7 Å². The summed E-state index contributed by atoms with van der Waals surface area (Å²) in [6.07, 6.45) is 15.1. The Morgan fingerprint density at radius 2 is 2.08 bits per heavy atom. The molecule has 0 saturated carbocycles. The highest BCUT2D eigenvalue weighted by molar-refractivity contribution is 5.75. The van der Waals surface area contributed by atoms with Gasteiger partial charge in [-0.05, 0) is 69.7 Å². The molecule has 0 aliphatic rings. The number of aryl methyl sites for hydroxylation is 1. The highest BCUT2D eigenvalue weighted by Crippen LogP contribution is 2.32. The van der Waals surface area contributed by atoms with Crippen molar-refractivity contribution in [2.45, 2.75) is 71.4 Å². The number of pyridine rings is 2. The lowest BCUT2D eigenvalue weighted by atomic mass is 10.0. The lowest BCUT2D eigenvalue weighted by Crippen LogP contribution is -2.45. The summed E-state index contributed by atoms with van der Waals surface area (Å²) in [5.74, 6) is 0.689. The van der Waals surface area contributed by atoms with Crippen LogP contribution in [0.1, 0.15) is 70.2 Å². The molecule has 3 aromatic heterocycles. The first-order valence-corrected chi connectivity index (χ1v) is 13.3. The molecule has 0 aromatic carbocycles. The van der Waals surface area contributed by atoms with E-state index in [4.69, 9.17) is 9.72 Å². The number of fused-ring (bicyclic) bond motifs is 1. The first-order valence-electron chi connectivity index (χ1n) is 13.3. The van der Waals surface area contributed by atoms with Crippen LogP contribution in [0, 0.1) is 0 Å². The van der Waals surface area contributed by atoms with Gasteiger partial charge in [0.05, 0.1) is 18.8 Å². The Hall–Kier alpha value is -3.61. The molecule has 0 spiro atoms. The Balaban J connectivity index is 1.95. The quantitative estimate of drug-likeness (QED) is 0.195. The van der Waals surface area contributed by atoms with Crippen molar-refractivity contribution in [3.05, 3.63) is 73.4 Å². The van der Waals surface area contributed by atoms with Gasteiger partial charge in [-0.2, -0.15) is 0 Å². The molecule has 0 saturated heterocycles. The predicted octanol–water partition coefficient (Wildman–Crippen LogP) is 6.75. The van der Waals surface area contributed by atoms with Crippen LogP contribution in [0.3, 0.4) is 0 Å². The summed E-state index contributed by atoms with van der Waals surface area (Å²) >= 11 is 0. The van der Waals surface area contributed by atoms with Gasteiger partial charge in [0.25, 0.3) is 0 Å². The summed E-state index contributed by atoms with van der Waals surface area (Å²) in [5.41, 5.74) is 4.62. The number of hydrogen-bond donors (Lipinski definition) is 1. The number of nitrogens with one attached hydrogen (secondary N) is 1. The zero-order valence-corrected chi connectivity index (χ0v) is 22.7. The van der Waals surface area contributed by atoms with Gasteiger partial charge in [0.15, 0.2) is 0 Å². The smallest absolute Gasteiger partial charge is 0.318 e. The molecule has 37 heavy (non-hydrogen) atoms. The molecule has 0 radical (unpaired) electrons. The van der Waals surface area contributed by atoms with Crippen LogP contribution in [0.4, 0.5) is 4.79 Å². The highest BCUT2D eigenvalue weighted by Gasteiger charge is 2.24. The summed E-state index contributed by atoms with van der Waals surface area (Å²) in [6, 6.07) is 5.81. The molecular formula is C30H41N5O2. The van der Waals surface area contributed by atoms with Crippen LogP contribution < -0.4 is 10.1 Å². The van der Waals surface area contributed by atoms with E-state index in [1.807, 2.05) is 66.0 Å². The average Bonchev–Trinajstić information content (AvgIpc) is 3.38. The number of ether oxygens (including phenoxy) is 1. The van der Waals surface area contributed by atoms with E-state index in [9.17, 15) is 4.79 Å². The Bertz CT molecular complexity index is 1200. The van der Waals surface area contributed by atoms with E-state index >= 15 is 0 Å². The fraction of sp³-hybridized carbons (Fsp3) is 0.433. The second-order valence-corrected chi connectivity index (χ2v) is 9.30. The van der Waals surface area contributed by atoms with Crippen LogP contribution in [0.25, 0.3) is 16.9 Å². The van der Waals surface area contributed by atoms with Crippen molar-refractivity contribution in [1.29, 1.82) is 0 Å². The van der Waals surface area contributed by atoms with Crippen molar-refractivity contribution < 1.29 is 9.53 Å². The minimum atomic E-state index is -0.218. The van der Waals surface area contributed by atoms with Gasteiger partial charge >= 0.3 is 6.03 Å². The minimum Gasteiger partial charge on any atom is -0.494 e. The summed E-state index contributed by atoms with van der Waals surface area (Å²) in [5, 5.41) is 3.18.